The SMILES string of the molecule is CC1=C2C(=O)NC=NN2CC1C(=O)c1ccccc1. The second kappa shape index (κ2) is 4.35. The van der Waals surface area contributed by atoms with Crippen molar-refractivity contribution in [1.82, 2.24) is 10.3 Å². The van der Waals surface area contributed by atoms with Crippen molar-refractivity contribution in [3.63, 3.8) is 0 Å². The monoisotopic (exact) mass is 255 g/mol. The van der Waals surface area contributed by atoms with Crippen LogP contribution in [0.3, 0.4) is 0 Å². The van der Waals surface area contributed by atoms with Crippen LogP contribution in [0.15, 0.2) is 46.7 Å². The number of ketones is 1. The van der Waals surface area contributed by atoms with Crippen LogP contribution in [0.5, 0.6) is 0 Å². The van der Waals surface area contributed by atoms with Gasteiger partial charge in [0.2, 0.25) is 0 Å². The van der Waals surface area contributed by atoms with Crippen LogP contribution < -0.4 is 5.32 Å². The lowest BCUT2D eigenvalue weighted by Crippen LogP contribution is -2.35. The van der Waals surface area contributed by atoms with Gasteiger partial charge in [-0.2, -0.15) is 5.10 Å². The van der Waals surface area contributed by atoms with Crippen LogP contribution >= 0.6 is 0 Å². The summed E-state index contributed by atoms with van der Waals surface area (Å²) in [6.45, 7) is 2.25. The quantitative estimate of drug-likeness (QED) is 0.806. The van der Waals surface area contributed by atoms with E-state index in [-0.39, 0.29) is 17.6 Å². The Morgan fingerprint density at radius 1 is 1.37 bits per heavy atom. The zero-order valence-corrected chi connectivity index (χ0v) is 10.5. The minimum Gasteiger partial charge on any atom is -0.310 e. The van der Waals surface area contributed by atoms with Gasteiger partial charge in [-0.25, -0.2) is 0 Å². The summed E-state index contributed by atoms with van der Waals surface area (Å²) in [6, 6.07) is 9.13. The summed E-state index contributed by atoms with van der Waals surface area (Å²) in [5.74, 6) is -0.475. The van der Waals surface area contributed by atoms with Crippen molar-refractivity contribution in [1.29, 1.82) is 0 Å². The van der Waals surface area contributed by atoms with Gasteiger partial charge >= 0.3 is 0 Å². The first kappa shape index (κ1) is 11.6. The summed E-state index contributed by atoms with van der Waals surface area (Å²) in [5, 5.41) is 8.22. The molecule has 2 aliphatic heterocycles. The molecule has 1 amide bonds. The van der Waals surface area contributed by atoms with E-state index < -0.39 is 0 Å². The second-order valence-corrected chi connectivity index (χ2v) is 4.61. The lowest BCUT2D eigenvalue weighted by atomic mass is 9.92. The molecule has 0 fully saturated rings. The number of nitrogens with zero attached hydrogens (tertiary/aromatic N) is 2. The molecule has 1 aromatic carbocycles. The van der Waals surface area contributed by atoms with Crippen molar-refractivity contribution in [3.8, 4) is 0 Å². The Labute approximate surface area is 110 Å². The second-order valence-electron chi connectivity index (χ2n) is 4.61. The molecule has 0 spiro atoms. The van der Waals surface area contributed by atoms with Crippen molar-refractivity contribution < 1.29 is 9.59 Å². The van der Waals surface area contributed by atoms with E-state index in [1.807, 2.05) is 25.1 Å². The largest absolute Gasteiger partial charge is 0.310 e. The Morgan fingerprint density at radius 2 is 2.11 bits per heavy atom. The third kappa shape index (κ3) is 1.83. The minimum absolute atomic E-state index is 0.0306. The third-order valence-corrected chi connectivity index (χ3v) is 3.49. The van der Waals surface area contributed by atoms with E-state index in [1.54, 1.807) is 17.1 Å². The summed E-state index contributed by atoms with van der Waals surface area (Å²) in [6.07, 6.45) is 1.36. The standard InChI is InChI=1S/C14H13N3O2/c1-9-11(13(18)10-5-3-2-4-6-10)7-17-12(9)14(19)15-8-16-17/h2-6,8,11H,7H2,1H3,(H,15,16,19). The smallest absolute Gasteiger partial charge is 0.274 e. The van der Waals surface area contributed by atoms with Crippen LogP contribution in [-0.2, 0) is 4.79 Å². The molecule has 0 bridgehead atoms. The van der Waals surface area contributed by atoms with Gasteiger partial charge in [-0.3, -0.25) is 14.6 Å². The maximum atomic E-state index is 12.5. The molecular formula is C14H13N3O2. The highest BCUT2D eigenvalue weighted by Crippen LogP contribution is 2.31. The molecule has 1 N–H and O–H groups in total. The van der Waals surface area contributed by atoms with E-state index in [0.717, 1.165) is 5.57 Å². The molecule has 2 aliphatic rings. The van der Waals surface area contributed by atoms with Gasteiger partial charge in [0, 0.05) is 5.56 Å². The molecule has 1 aromatic rings. The van der Waals surface area contributed by atoms with Crippen molar-refractivity contribution >= 4 is 18.0 Å². The van der Waals surface area contributed by atoms with Gasteiger partial charge in [-0.05, 0) is 12.5 Å². The number of fused-ring (bicyclic) bond motifs is 1. The van der Waals surface area contributed by atoms with Gasteiger partial charge in [0.15, 0.2) is 5.78 Å². The fourth-order valence-corrected chi connectivity index (χ4v) is 2.48. The fraction of sp³-hybridized carbons (Fsp3) is 0.214. The number of rotatable bonds is 2. The molecule has 0 radical (unpaired) electrons. The molecule has 1 unspecified atom stereocenters. The third-order valence-electron chi connectivity index (χ3n) is 3.49. The summed E-state index contributed by atoms with van der Waals surface area (Å²) < 4.78 is 0. The van der Waals surface area contributed by atoms with E-state index in [2.05, 4.69) is 10.4 Å². The van der Waals surface area contributed by atoms with Crippen LogP contribution in [0.4, 0.5) is 0 Å². The van der Waals surface area contributed by atoms with E-state index in [9.17, 15) is 9.59 Å². The van der Waals surface area contributed by atoms with Crippen molar-refractivity contribution in [2.45, 2.75) is 6.92 Å². The molecule has 0 aromatic heterocycles. The van der Waals surface area contributed by atoms with Gasteiger partial charge in [0.05, 0.1) is 12.5 Å². The number of Topliss-reactive ketones (excluding diaryl/α,β-unsaturated/α-hetero) is 1. The van der Waals surface area contributed by atoms with Crippen molar-refractivity contribution in [2.75, 3.05) is 6.54 Å². The average Bonchev–Trinajstić information content (AvgIpc) is 2.78. The molecule has 5 heteroatoms. The van der Waals surface area contributed by atoms with Crippen LogP contribution in [0, 0.1) is 5.92 Å². The number of carbonyl (C=O) groups excluding carboxylic acids is 2. The molecule has 5 nitrogen and oxygen atoms in total. The first-order valence-electron chi connectivity index (χ1n) is 6.09. The highest BCUT2D eigenvalue weighted by Gasteiger charge is 2.38. The lowest BCUT2D eigenvalue weighted by molar-refractivity contribution is -0.117. The number of carbonyl (C=O) groups is 2. The van der Waals surface area contributed by atoms with Gasteiger partial charge < -0.3 is 5.32 Å². The fourth-order valence-electron chi connectivity index (χ4n) is 2.48. The Bertz CT molecular complexity index is 604. The molecule has 2 heterocycles. The van der Waals surface area contributed by atoms with E-state index in [4.69, 9.17) is 0 Å². The van der Waals surface area contributed by atoms with Gasteiger partial charge in [0.1, 0.15) is 12.0 Å². The number of hydrogen-bond donors (Lipinski definition) is 1. The maximum absolute atomic E-state index is 12.5. The number of nitrogens with one attached hydrogen (secondary N) is 1. The maximum Gasteiger partial charge on any atom is 0.274 e. The van der Waals surface area contributed by atoms with Gasteiger partial charge in [0.25, 0.3) is 5.91 Å². The first-order valence-corrected chi connectivity index (χ1v) is 6.09. The number of hydrogen-bond acceptors (Lipinski definition) is 4. The lowest BCUT2D eigenvalue weighted by Gasteiger charge is -2.19. The highest BCUT2D eigenvalue weighted by atomic mass is 16.2. The predicted molar refractivity (Wildman–Crippen MR) is 70.3 cm³/mol. The number of amides is 1. The summed E-state index contributed by atoms with van der Waals surface area (Å²) >= 11 is 0. The van der Waals surface area contributed by atoms with Gasteiger partial charge in [-0.15, -0.1) is 0 Å². The van der Waals surface area contributed by atoms with E-state index >= 15 is 0 Å². The first-order chi connectivity index (χ1) is 9.18. The summed E-state index contributed by atoms with van der Waals surface area (Å²) in [5.41, 5.74) is 1.94. The molecule has 0 aliphatic carbocycles. The summed E-state index contributed by atoms with van der Waals surface area (Å²) in [7, 11) is 0. The Hall–Kier alpha value is -2.43. The number of hydrazone groups is 1. The topological polar surface area (TPSA) is 61.8 Å². The van der Waals surface area contributed by atoms with Crippen LogP contribution in [-0.4, -0.2) is 29.6 Å². The van der Waals surface area contributed by atoms with Crippen LogP contribution in [0.2, 0.25) is 0 Å². The predicted octanol–water partition coefficient (Wildman–Crippen LogP) is 1.15. The summed E-state index contributed by atoms with van der Waals surface area (Å²) in [4.78, 5) is 24.2. The molecule has 19 heavy (non-hydrogen) atoms. The molecule has 96 valence electrons. The zero-order chi connectivity index (χ0) is 13.4. The number of benzene rings is 1. The van der Waals surface area contributed by atoms with Gasteiger partial charge in [-0.1, -0.05) is 30.3 Å². The minimum atomic E-state index is -0.307. The Kier molecular flexibility index (Phi) is 2.67. The average molecular weight is 255 g/mol. The highest BCUT2D eigenvalue weighted by molar-refractivity contribution is 6.06. The Morgan fingerprint density at radius 3 is 2.79 bits per heavy atom. The van der Waals surface area contributed by atoms with Crippen LogP contribution in [0.1, 0.15) is 17.3 Å². The zero-order valence-electron chi connectivity index (χ0n) is 10.5. The molecule has 0 saturated carbocycles. The Balaban J connectivity index is 1.95. The molecular weight excluding hydrogens is 242 g/mol. The van der Waals surface area contributed by atoms with E-state index in [1.165, 1.54) is 6.34 Å². The van der Waals surface area contributed by atoms with Crippen molar-refractivity contribution in [2.24, 2.45) is 11.0 Å². The van der Waals surface area contributed by atoms with Crippen molar-refractivity contribution in [3.05, 3.63) is 47.2 Å². The normalized spacial score (nSPS) is 21.4. The molecule has 1 atom stereocenters. The molecule has 0 saturated heterocycles. The van der Waals surface area contributed by atoms with Crippen LogP contribution in [0.25, 0.3) is 0 Å². The molecule has 3 rings (SSSR count). The van der Waals surface area contributed by atoms with E-state index in [0.29, 0.717) is 17.8 Å².